The average Bonchev–Trinajstić information content (AvgIpc) is 2.38. The molecule has 0 aromatic rings. The molecule has 1 heterocycles. The first-order valence-electron chi connectivity index (χ1n) is 6.83. The Labute approximate surface area is 119 Å². The van der Waals surface area contributed by atoms with Gasteiger partial charge in [-0.3, -0.25) is 4.79 Å². The van der Waals surface area contributed by atoms with E-state index in [0.29, 0.717) is 13.1 Å². The first-order valence-corrected chi connectivity index (χ1v) is 8.22. The Kier molecular flexibility index (Phi) is 7.05. The van der Waals surface area contributed by atoms with Crippen molar-refractivity contribution in [2.45, 2.75) is 38.6 Å². The Bertz CT molecular complexity index is 304. The summed E-state index contributed by atoms with van der Waals surface area (Å²) in [7, 11) is 0. The van der Waals surface area contributed by atoms with Crippen molar-refractivity contribution in [1.82, 2.24) is 10.2 Å². The van der Waals surface area contributed by atoms with Crippen molar-refractivity contribution in [2.75, 3.05) is 25.1 Å². The number of rotatable bonds is 6. The number of carbonyl (C=O) groups is 2. The molecule has 2 amide bonds. The van der Waals surface area contributed by atoms with E-state index in [1.165, 1.54) is 0 Å². The van der Waals surface area contributed by atoms with Gasteiger partial charge in [0.1, 0.15) is 0 Å². The summed E-state index contributed by atoms with van der Waals surface area (Å²) in [5, 5.41) is 11.8. The summed E-state index contributed by atoms with van der Waals surface area (Å²) in [6, 6.07) is 0.217. The van der Waals surface area contributed by atoms with E-state index >= 15 is 0 Å². The molecule has 110 valence electrons. The maximum Gasteiger partial charge on any atom is 0.317 e. The molecular weight excluding hydrogens is 264 g/mol. The number of carboxylic acid groups (broad SMARTS) is 1. The molecule has 19 heavy (non-hydrogen) atoms. The van der Waals surface area contributed by atoms with E-state index in [-0.39, 0.29) is 24.4 Å². The molecule has 1 aliphatic heterocycles. The third kappa shape index (κ3) is 5.72. The molecule has 1 fully saturated rings. The molecule has 6 heteroatoms. The second-order valence-corrected chi connectivity index (χ2v) is 5.95. The minimum Gasteiger partial charge on any atom is -0.481 e. The molecule has 1 aliphatic rings. The number of nitrogens with one attached hydrogen (secondary N) is 1. The topological polar surface area (TPSA) is 69.6 Å². The van der Waals surface area contributed by atoms with Gasteiger partial charge in [-0.25, -0.2) is 4.79 Å². The SMILES string of the molecule is CCC(CSC)NC(=O)N1CCC(CC(=O)O)CC1. The number of thioether (sulfide) groups is 1. The van der Waals surface area contributed by atoms with Crippen LogP contribution >= 0.6 is 11.8 Å². The number of piperidine rings is 1. The van der Waals surface area contributed by atoms with Crippen LogP contribution in [-0.4, -0.2) is 53.1 Å². The van der Waals surface area contributed by atoms with Gasteiger partial charge < -0.3 is 15.3 Å². The number of hydrogen-bond acceptors (Lipinski definition) is 3. The number of likely N-dealkylation sites (tertiary alicyclic amines) is 1. The first kappa shape index (κ1) is 16.1. The second kappa shape index (κ2) is 8.30. The molecule has 2 N–H and O–H groups in total. The lowest BCUT2D eigenvalue weighted by Gasteiger charge is -2.32. The van der Waals surface area contributed by atoms with Crippen LogP contribution in [0.1, 0.15) is 32.6 Å². The van der Waals surface area contributed by atoms with Gasteiger partial charge in [0.15, 0.2) is 0 Å². The summed E-state index contributed by atoms with van der Waals surface area (Å²) in [6.45, 7) is 3.40. The lowest BCUT2D eigenvalue weighted by atomic mass is 9.94. The number of hydrogen-bond donors (Lipinski definition) is 2. The third-order valence-electron chi connectivity index (χ3n) is 3.55. The Morgan fingerprint density at radius 1 is 1.42 bits per heavy atom. The predicted octanol–water partition coefficient (Wildman–Crippen LogP) is 2.02. The maximum atomic E-state index is 12.1. The summed E-state index contributed by atoms with van der Waals surface area (Å²) >= 11 is 1.73. The highest BCUT2D eigenvalue weighted by Gasteiger charge is 2.25. The Hall–Kier alpha value is -0.910. The fourth-order valence-corrected chi connectivity index (χ4v) is 3.04. The van der Waals surface area contributed by atoms with E-state index in [0.717, 1.165) is 25.0 Å². The Morgan fingerprint density at radius 3 is 2.53 bits per heavy atom. The zero-order valence-corrected chi connectivity index (χ0v) is 12.5. The van der Waals surface area contributed by atoms with Crippen LogP contribution in [-0.2, 0) is 4.79 Å². The second-order valence-electron chi connectivity index (χ2n) is 5.04. The van der Waals surface area contributed by atoms with Crippen molar-refractivity contribution in [3.05, 3.63) is 0 Å². The van der Waals surface area contributed by atoms with Gasteiger partial charge in [-0.2, -0.15) is 11.8 Å². The standard InChI is InChI=1S/C13H24N2O3S/c1-3-11(9-19-2)14-13(18)15-6-4-10(5-7-15)8-12(16)17/h10-11H,3-9H2,1-2H3,(H,14,18)(H,16,17). The molecule has 1 saturated heterocycles. The average molecular weight is 288 g/mol. The van der Waals surface area contributed by atoms with Gasteiger partial charge in [-0.05, 0) is 31.4 Å². The molecule has 0 aromatic heterocycles. The molecule has 0 radical (unpaired) electrons. The number of urea groups is 1. The summed E-state index contributed by atoms with van der Waals surface area (Å²) in [4.78, 5) is 24.5. The highest BCUT2D eigenvalue weighted by molar-refractivity contribution is 7.98. The normalized spacial score (nSPS) is 18.1. The minimum absolute atomic E-state index is 0.00493. The van der Waals surface area contributed by atoms with Crippen LogP contribution < -0.4 is 5.32 Å². The molecule has 0 spiro atoms. The van der Waals surface area contributed by atoms with Crippen molar-refractivity contribution in [3.63, 3.8) is 0 Å². The fourth-order valence-electron chi connectivity index (χ4n) is 2.32. The van der Waals surface area contributed by atoms with E-state index in [1.54, 1.807) is 16.7 Å². The molecule has 0 aliphatic carbocycles. The van der Waals surface area contributed by atoms with Gasteiger partial charge >= 0.3 is 12.0 Å². The van der Waals surface area contributed by atoms with Gasteiger partial charge in [-0.1, -0.05) is 6.92 Å². The summed E-state index contributed by atoms with van der Waals surface area (Å²) < 4.78 is 0. The third-order valence-corrected chi connectivity index (χ3v) is 4.29. The zero-order valence-electron chi connectivity index (χ0n) is 11.7. The van der Waals surface area contributed by atoms with Crippen LogP contribution in [0.5, 0.6) is 0 Å². The van der Waals surface area contributed by atoms with Crippen molar-refractivity contribution in [1.29, 1.82) is 0 Å². The van der Waals surface area contributed by atoms with Crippen LogP contribution in [0.2, 0.25) is 0 Å². The molecule has 1 atom stereocenters. The molecule has 5 nitrogen and oxygen atoms in total. The van der Waals surface area contributed by atoms with Gasteiger partial charge in [0.2, 0.25) is 0 Å². The zero-order chi connectivity index (χ0) is 14.3. The van der Waals surface area contributed by atoms with E-state index < -0.39 is 5.97 Å². The smallest absolute Gasteiger partial charge is 0.317 e. The highest BCUT2D eigenvalue weighted by atomic mass is 32.2. The number of amides is 2. The minimum atomic E-state index is -0.742. The quantitative estimate of drug-likeness (QED) is 0.784. The molecule has 1 unspecified atom stereocenters. The van der Waals surface area contributed by atoms with E-state index in [9.17, 15) is 9.59 Å². The van der Waals surface area contributed by atoms with E-state index in [1.807, 2.05) is 6.26 Å². The van der Waals surface area contributed by atoms with E-state index in [4.69, 9.17) is 5.11 Å². The maximum absolute atomic E-state index is 12.1. The van der Waals surface area contributed by atoms with Gasteiger partial charge in [-0.15, -0.1) is 0 Å². The lowest BCUT2D eigenvalue weighted by molar-refractivity contribution is -0.138. The lowest BCUT2D eigenvalue weighted by Crippen LogP contribution is -2.48. The number of aliphatic carboxylic acids is 1. The molecule has 1 rings (SSSR count). The monoisotopic (exact) mass is 288 g/mol. The first-order chi connectivity index (χ1) is 9.06. The molecule has 0 aromatic carbocycles. The van der Waals surface area contributed by atoms with E-state index in [2.05, 4.69) is 12.2 Å². The van der Waals surface area contributed by atoms with Crippen molar-refractivity contribution >= 4 is 23.8 Å². The summed E-state index contributed by atoms with van der Waals surface area (Å²) in [5.41, 5.74) is 0. The van der Waals surface area contributed by atoms with Crippen molar-refractivity contribution in [3.8, 4) is 0 Å². The molecular formula is C13H24N2O3S. The van der Waals surface area contributed by atoms with Crippen LogP contribution in [0, 0.1) is 5.92 Å². The predicted molar refractivity (Wildman–Crippen MR) is 77.5 cm³/mol. The number of nitrogens with zero attached hydrogens (tertiary/aromatic N) is 1. The summed E-state index contributed by atoms with van der Waals surface area (Å²) in [5.74, 6) is 0.404. The van der Waals surface area contributed by atoms with Crippen LogP contribution in [0.3, 0.4) is 0 Å². The van der Waals surface area contributed by atoms with Gasteiger partial charge in [0, 0.05) is 31.3 Å². The Morgan fingerprint density at radius 2 is 2.05 bits per heavy atom. The Balaban J connectivity index is 2.33. The van der Waals surface area contributed by atoms with Crippen LogP contribution in [0.4, 0.5) is 4.79 Å². The largest absolute Gasteiger partial charge is 0.481 e. The van der Waals surface area contributed by atoms with Gasteiger partial charge in [0.05, 0.1) is 0 Å². The fraction of sp³-hybridized carbons (Fsp3) is 0.846. The number of carbonyl (C=O) groups excluding carboxylic acids is 1. The van der Waals surface area contributed by atoms with Crippen LogP contribution in [0.25, 0.3) is 0 Å². The number of carboxylic acids is 1. The van der Waals surface area contributed by atoms with Crippen LogP contribution in [0.15, 0.2) is 0 Å². The van der Waals surface area contributed by atoms with Crippen molar-refractivity contribution in [2.24, 2.45) is 5.92 Å². The molecule has 0 saturated carbocycles. The molecule has 0 bridgehead atoms. The summed E-state index contributed by atoms with van der Waals surface area (Å²) in [6.07, 6.45) is 4.77. The highest BCUT2D eigenvalue weighted by Crippen LogP contribution is 2.20. The van der Waals surface area contributed by atoms with Crippen molar-refractivity contribution < 1.29 is 14.7 Å². The van der Waals surface area contributed by atoms with Gasteiger partial charge in [0.25, 0.3) is 0 Å².